The van der Waals surface area contributed by atoms with Crippen LogP contribution in [0.4, 0.5) is 0 Å². The summed E-state index contributed by atoms with van der Waals surface area (Å²) in [6, 6.07) is 8.20. The Hall–Kier alpha value is -0.270. The summed E-state index contributed by atoms with van der Waals surface area (Å²) in [4.78, 5) is 0. The molecule has 0 radical (unpaired) electrons. The number of hydrogen-bond acceptors (Lipinski definition) is 4. The van der Waals surface area contributed by atoms with E-state index in [2.05, 4.69) is 37.6 Å². The zero-order valence-electron chi connectivity index (χ0n) is 9.36. The van der Waals surface area contributed by atoms with E-state index in [9.17, 15) is 8.76 Å². The van der Waals surface area contributed by atoms with E-state index in [0.717, 1.165) is 24.0 Å². The first-order valence-corrected chi connectivity index (χ1v) is 7.15. The SMILES string of the molecule is O=S([O-])OCCCNCCc1ccc(Br)cc1. The predicted octanol–water partition coefficient (Wildman–Crippen LogP) is 1.78. The van der Waals surface area contributed by atoms with Gasteiger partial charge >= 0.3 is 0 Å². The Labute approximate surface area is 112 Å². The minimum atomic E-state index is -2.39. The van der Waals surface area contributed by atoms with Crippen LogP contribution in [0.3, 0.4) is 0 Å². The van der Waals surface area contributed by atoms with Crippen molar-refractivity contribution in [3.8, 4) is 0 Å². The molecule has 0 saturated heterocycles. The number of rotatable bonds is 8. The van der Waals surface area contributed by atoms with Gasteiger partial charge in [-0.25, -0.2) is 4.21 Å². The van der Waals surface area contributed by atoms with Crippen LogP contribution in [0.2, 0.25) is 0 Å². The van der Waals surface area contributed by atoms with Gasteiger partial charge in [0.1, 0.15) is 0 Å². The lowest BCUT2D eigenvalue weighted by Gasteiger charge is -2.07. The van der Waals surface area contributed by atoms with Gasteiger partial charge in [0.2, 0.25) is 0 Å². The van der Waals surface area contributed by atoms with Crippen LogP contribution in [-0.4, -0.2) is 28.5 Å². The molecule has 0 bridgehead atoms. The van der Waals surface area contributed by atoms with Crippen LogP contribution in [0.1, 0.15) is 12.0 Å². The monoisotopic (exact) mass is 320 g/mol. The molecule has 1 N–H and O–H groups in total. The summed E-state index contributed by atoms with van der Waals surface area (Å²) < 4.78 is 25.6. The molecule has 0 aliphatic carbocycles. The van der Waals surface area contributed by atoms with E-state index in [1.807, 2.05) is 12.1 Å². The molecule has 0 aliphatic rings. The first-order valence-electron chi connectivity index (χ1n) is 5.36. The van der Waals surface area contributed by atoms with E-state index in [0.29, 0.717) is 6.42 Å². The fourth-order valence-corrected chi connectivity index (χ4v) is 1.85. The molecule has 96 valence electrons. The lowest BCUT2D eigenvalue weighted by atomic mass is 10.1. The average Bonchev–Trinajstić information content (AvgIpc) is 2.30. The zero-order chi connectivity index (χ0) is 12.5. The van der Waals surface area contributed by atoms with Crippen LogP contribution < -0.4 is 5.32 Å². The van der Waals surface area contributed by atoms with Gasteiger partial charge in [-0.3, -0.25) is 0 Å². The molecule has 6 heteroatoms. The summed E-state index contributed by atoms with van der Waals surface area (Å²) in [5, 5.41) is 3.23. The summed E-state index contributed by atoms with van der Waals surface area (Å²) in [5.74, 6) is 0. The van der Waals surface area contributed by atoms with Gasteiger partial charge in [-0.1, -0.05) is 28.1 Å². The van der Waals surface area contributed by atoms with Crippen molar-refractivity contribution in [2.24, 2.45) is 0 Å². The van der Waals surface area contributed by atoms with E-state index in [1.165, 1.54) is 5.56 Å². The summed E-state index contributed by atoms with van der Waals surface area (Å²) in [6.45, 7) is 1.87. The van der Waals surface area contributed by atoms with Gasteiger partial charge in [0, 0.05) is 4.47 Å². The minimum Gasteiger partial charge on any atom is -0.750 e. The van der Waals surface area contributed by atoms with Crippen LogP contribution in [0, 0.1) is 0 Å². The molecule has 0 spiro atoms. The third kappa shape index (κ3) is 7.62. The Kier molecular flexibility index (Phi) is 7.63. The largest absolute Gasteiger partial charge is 0.750 e. The van der Waals surface area contributed by atoms with Crippen molar-refractivity contribution in [1.29, 1.82) is 0 Å². The van der Waals surface area contributed by atoms with Crippen molar-refractivity contribution in [2.45, 2.75) is 12.8 Å². The summed E-state index contributed by atoms with van der Waals surface area (Å²) >= 11 is 1.00. The molecule has 0 aromatic heterocycles. The third-order valence-electron chi connectivity index (χ3n) is 2.18. The van der Waals surface area contributed by atoms with E-state index in [-0.39, 0.29) is 6.61 Å². The van der Waals surface area contributed by atoms with E-state index in [4.69, 9.17) is 0 Å². The van der Waals surface area contributed by atoms with Crippen LogP contribution in [-0.2, 0) is 22.0 Å². The van der Waals surface area contributed by atoms with E-state index >= 15 is 0 Å². The van der Waals surface area contributed by atoms with Gasteiger partial charge < -0.3 is 14.1 Å². The molecule has 0 amide bonds. The van der Waals surface area contributed by atoms with Crippen LogP contribution >= 0.6 is 15.9 Å². The highest BCUT2D eigenvalue weighted by Gasteiger charge is 1.93. The average molecular weight is 321 g/mol. The maximum atomic E-state index is 10.1. The highest BCUT2D eigenvalue weighted by Crippen LogP contribution is 2.10. The molecule has 1 aromatic rings. The van der Waals surface area contributed by atoms with Crippen LogP contribution in [0.15, 0.2) is 28.7 Å². The molecule has 4 nitrogen and oxygen atoms in total. The normalized spacial score (nSPS) is 12.6. The van der Waals surface area contributed by atoms with Crippen molar-refractivity contribution in [3.63, 3.8) is 0 Å². The second-order valence-electron chi connectivity index (χ2n) is 3.51. The van der Waals surface area contributed by atoms with Gasteiger partial charge in [0.15, 0.2) is 0 Å². The maximum absolute atomic E-state index is 10.1. The molecule has 1 unspecified atom stereocenters. The fourth-order valence-electron chi connectivity index (χ4n) is 1.33. The fraction of sp³-hybridized carbons (Fsp3) is 0.455. The summed E-state index contributed by atoms with van der Waals surface area (Å²) in [5.41, 5.74) is 1.28. The van der Waals surface area contributed by atoms with Gasteiger partial charge in [-0.05, 0) is 43.6 Å². The topological polar surface area (TPSA) is 61.4 Å². The molecular weight excluding hydrogens is 306 g/mol. The first kappa shape index (κ1) is 14.8. The van der Waals surface area contributed by atoms with Crippen LogP contribution in [0.25, 0.3) is 0 Å². The van der Waals surface area contributed by atoms with Crippen molar-refractivity contribution in [2.75, 3.05) is 19.7 Å². The molecule has 1 aromatic carbocycles. The Balaban J connectivity index is 2.01. The lowest BCUT2D eigenvalue weighted by Crippen LogP contribution is -2.19. The van der Waals surface area contributed by atoms with Crippen molar-refractivity contribution < 1.29 is 12.9 Å². The highest BCUT2D eigenvalue weighted by molar-refractivity contribution is 9.10. The first-order chi connectivity index (χ1) is 8.18. The third-order valence-corrected chi connectivity index (χ3v) is 3.07. The second-order valence-corrected chi connectivity index (χ2v) is 5.07. The van der Waals surface area contributed by atoms with Crippen LogP contribution in [0.5, 0.6) is 0 Å². The van der Waals surface area contributed by atoms with E-state index in [1.54, 1.807) is 0 Å². The number of nitrogens with one attached hydrogen (secondary N) is 1. The van der Waals surface area contributed by atoms with Gasteiger partial charge in [-0.2, -0.15) is 0 Å². The number of hydrogen-bond donors (Lipinski definition) is 1. The number of halogens is 1. The molecular formula is C11H15BrNO3S-. The molecule has 0 heterocycles. The van der Waals surface area contributed by atoms with Gasteiger partial charge in [0.05, 0.1) is 18.0 Å². The Bertz CT molecular complexity index is 345. The van der Waals surface area contributed by atoms with Gasteiger partial charge in [0.25, 0.3) is 0 Å². The number of benzene rings is 1. The van der Waals surface area contributed by atoms with Gasteiger partial charge in [-0.15, -0.1) is 0 Å². The quantitative estimate of drug-likeness (QED) is 0.586. The van der Waals surface area contributed by atoms with E-state index < -0.39 is 11.4 Å². The Morgan fingerprint density at radius 3 is 2.65 bits per heavy atom. The summed E-state index contributed by atoms with van der Waals surface area (Å²) in [7, 11) is 0. The second kappa shape index (κ2) is 8.77. The standard InChI is InChI=1S/C11H16BrNO3S/c12-11-4-2-10(3-5-11)6-8-13-7-1-9-16-17(14)15/h2-5,13H,1,6-9H2,(H,14,15)/p-1. The predicted molar refractivity (Wildman–Crippen MR) is 70.2 cm³/mol. The molecule has 1 rings (SSSR count). The molecule has 0 fully saturated rings. The lowest BCUT2D eigenvalue weighted by molar-refractivity contribution is 0.294. The Morgan fingerprint density at radius 2 is 2.00 bits per heavy atom. The highest BCUT2D eigenvalue weighted by atomic mass is 79.9. The maximum Gasteiger partial charge on any atom is 0.0842 e. The molecule has 0 aliphatic heterocycles. The molecule has 0 saturated carbocycles. The van der Waals surface area contributed by atoms with Crippen molar-refractivity contribution in [3.05, 3.63) is 34.3 Å². The van der Waals surface area contributed by atoms with Crippen molar-refractivity contribution >= 4 is 27.3 Å². The Morgan fingerprint density at radius 1 is 1.29 bits per heavy atom. The molecule has 17 heavy (non-hydrogen) atoms. The molecule has 1 atom stereocenters. The smallest absolute Gasteiger partial charge is 0.0842 e. The zero-order valence-corrected chi connectivity index (χ0v) is 11.8. The minimum absolute atomic E-state index is 0.237. The van der Waals surface area contributed by atoms with Crippen molar-refractivity contribution in [1.82, 2.24) is 5.32 Å². The summed E-state index contributed by atoms with van der Waals surface area (Å²) in [6.07, 6.45) is 1.65.